The molecule has 0 aliphatic rings. The average Bonchev–Trinajstić information content (AvgIpc) is 2.43. The molecule has 3 N–H and O–H groups in total. The van der Waals surface area contributed by atoms with Crippen molar-refractivity contribution in [3.63, 3.8) is 0 Å². The minimum atomic E-state index is -3.61. The second-order valence-corrected chi connectivity index (χ2v) is 6.90. The van der Waals surface area contributed by atoms with Crippen molar-refractivity contribution in [3.8, 4) is 0 Å². The average molecular weight is 304 g/mol. The number of aryl methyl sites for hydroxylation is 3. The molecule has 112 valence electrons. The lowest BCUT2D eigenvalue weighted by molar-refractivity contribution is 0.601. The zero-order valence-corrected chi connectivity index (χ0v) is 13.3. The number of rotatable bonds is 4. The number of nitrogens with two attached hydrogens (primary N) is 1. The highest BCUT2D eigenvalue weighted by molar-refractivity contribution is 7.92. The van der Waals surface area contributed by atoms with Gasteiger partial charge in [-0.3, -0.25) is 4.72 Å². The van der Waals surface area contributed by atoms with Gasteiger partial charge in [0.25, 0.3) is 10.0 Å². The van der Waals surface area contributed by atoms with Crippen molar-refractivity contribution in [2.45, 2.75) is 32.2 Å². The highest BCUT2D eigenvalue weighted by Crippen LogP contribution is 2.22. The van der Waals surface area contributed by atoms with Crippen LogP contribution in [0.5, 0.6) is 0 Å². The summed E-state index contributed by atoms with van der Waals surface area (Å²) in [4.78, 5) is 0.231. The minimum Gasteiger partial charge on any atom is -0.326 e. The molecule has 0 amide bonds. The normalized spacial score (nSPS) is 11.4. The molecule has 0 saturated carbocycles. The molecule has 2 aromatic carbocycles. The van der Waals surface area contributed by atoms with E-state index in [-0.39, 0.29) is 4.90 Å². The summed E-state index contributed by atoms with van der Waals surface area (Å²) in [5, 5.41) is 0. The predicted molar refractivity (Wildman–Crippen MR) is 85.8 cm³/mol. The molecule has 2 rings (SSSR count). The van der Waals surface area contributed by atoms with E-state index in [0.717, 1.165) is 22.3 Å². The number of benzene rings is 2. The maximum absolute atomic E-state index is 12.5. The number of sulfonamides is 1. The minimum absolute atomic E-state index is 0.231. The van der Waals surface area contributed by atoms with Gasteiger partial charge in [-0.1, -0.05) is 18.2 Å². The number of hydrogen-bond acceptors (Lipinski definition) is 3. The smallest absolute Gasteiger partial charge is 0.261 e. The zero-order valence-electron chi connectivity index (χ0n) is 12.5. The second kappa shape index (κ2) is 5.87. The van der Waals surface area contributed by atoms with Crippen molar-refractivity contribution < 1.29 is 8.42 Å². The van der Waals surface area contributed by atoms with E-state index in [9.17, 15) is 8.42 Å². The summed E-state index contributed by atoms with van der Waals surface area (Å²) in [6.07, 6.45) is 0. The van der Waals surface area contributed by atoms with Crippen molar-refractivity contribution in [3.05, 3.63) is 58.7 Å². The van der Waals surface area contributed by atoms with E-state index in [0.29, 0.717) is 12.2 Å². The lowest BCUT2D eigenvalue weighted by Crippen LogP contribution is -2.14. The molecule has 0 radical (unpaired) electrons. The van der Waals surface area contributed by atoms with Gasteiger partial charge in [-0.2, -0.15) is 0 Å². The molecular formula is C16H20N2O2S. The van der Waals surface area contributed by atoms with Gasteiger partial charge in [0, 0.05) is 6.54 Å². The Kier molecular flexibility index (Phi) is 4.34. The first-order chi connectivity index (χ1) is 9.83. The lowest BCUT2D eigenvalue weighted by Gasteiger charge is -2.13. The topological polar surface area (TPSA) is 72.2 Å². The van der Waals surface area contributed by atoms with Gasteiger partial charge in [0.15, 0.2) is 0 Å². The Labute approximate surface area is 126 Å². The van der Waals surface area contributed by atoms with E-state index in [2.05, 4.69) is 4.72 Å². The van der Waals surface area contributed by atoms with Crippen LogP contribution < -0.4 is 10.5 Å². The van der Waals surface area contributed by atoms with Crippen LogP contribution in [0.1, 0.15) is 22.3 Å². The van der Waals surface area contributed by atoms with Crippen molar-refractivity contribution >= 4 is 15.7 Å². The largest absolute Gasteiger partial charge is 0.326 e. The summed E-state index contributed by atoms with van der Waals surface area (Å²) in [6.45, 7) is 6.03. The molecule has 0 aliphatic carbocycles. The van der Waals surface area contributed by atoms with Gasteiger partial charge in [0.2, 0.25) is 0 Å². The van der Waals surface area contributed by atoms with Crippen LogP contribution >= 0.6 is 0 Å². The Morgan fingerprint density at radius 1 is 1.00 bits per heavy atom. The maximum Gasteiger partial charge on any atom is 0.261 e. The van der Waals surface area contributed by atoms with Crippen LogP contribution in [0.2, 0.25) is 0 Å². The molecule has 0 fully saturated rings. The molecule has 0 aliphatic heterocycles. The van der Waals surface area contributed by atoms with E-state index >= 15 is 0 Å². The first-order valence-corrected chi connectivity index (χ1v) is 8.21. The highest BCUT2D eigenvalue weighted by Gasteiger charge is 2.16. The summed E-state index contributed by atoms with van der Waals surface area (Å²) < 4.78 is 27.6. The van der Waals surface area contributed by atoms with Crippen LogP contribution in [0.15, 0.2) is 41.3 Å². The van der Waals surface area contributed by atoms with E-state index in [1.165, 1.54) is 0 Å². The zero-order chi connectivity index (χ0) is 15.6. The first-order valence-electron chi connectivity index (χ1n) is 6.73. The predicted octanol–water partition coefficient (Wildman–Crippen LogP) is 2.87. The summed E-state index contributed by atoms with van der Waals surface area (Å²) >= 11 is 0. The summed E-state index contributed by atoms with van der Waals surface area (Å²) in [6, 6.07) is 10.7. The van der Waals surface area contributed by atoms with Gasteiger partial charge in [0.05, 0.1) is 10.6 Å². The third-order valence-electron chi connectivity index (χ3n) is 3.49. The van der Waals surface area contributed by atoms with Gasteiger partial charge < -0.3 is 5.73 Å². The Morgan fingerprint density at radius 3 is 2.33 bits per heavy atom. The van der Waals surface area contributed by atoms with Gasteiger partial charge in [-0.15, -0.1) is 0 Å². The third kappa shape index (κ3) is 3.43. The molecule has 21 heavy (non-hydrogen) atoms. The van der Waals surface area contributed by atoms with Crippen molar-refractivity contribution in [2.24, 2.45) is 5.73 Å². The number of nitrogens with one attached hydrogen (secondary N) is 1. The highest BCUT2D eigenvalue weighted by atomic mass is 32.2. The molecule has 0 saturated heterocycles. The van der Waals surface area contributed by atoms with E-state index in [4.69, 9.17) is 5.73 Å². The van der Waals surface area contributed by atoms with Crippen LogP contribution in [0.3, 0.4) is 0 Å². The van der Waals surface area contributed by atoms with Crippen LogP contribution in [0.4, 0.5) is 5.69 Å². The van der Waals surface area contributed by atoms with Crippen LogP contribution in [-0.4, -0.2) is 8.42 Å². The second-order valence-electron chi connectivity index (χ2n) is 5.22. The first kappa shape index (κ1) is 15.5. The number of anilines is 1. The molecule has 0 bridgehead atoms. The van der Waals surface area contributed by atoms with Gasteiger partial charge in [-0.05, 0) is 61.2 Å². The van der Waals surface area contributed by atoms with Gasteiger partial charge >= 0.3 is 0 Å². The molecule has 2 aromatic rings. The van der Waals surface area contributed by atoms with Crippen molar-refractivity contribution in [2.75, 3.05) is 4.72 Å². The molecular weight excluding hydrogens is 284 g/mol. The molecule has 0 spiro atoms. The van der Waals surface area contributed by atoms with E-state index < -0.39 is 10.0 Å². The fourth-order valence-corrected chi connectivity index (χ4v) is 3.26. The standard InChI is InChI=1S/C16H20N2O2S/c1-11-4-5-13(3)16(8-11)18-21(19,20)15-7-6-12(2)14(9-15)10-17/h4-9,18H,10,17H2,1-3H3. The van der Waals surface area contributed by atoms with Crippen LogP contribution in [-0.2, 0) is 16.6 Å². The number of hydrogen-bond donors (Lipinski definition) is 2. The fraction of sp³-hybridized carbons (Fsp3) is 0.250. The maximum atomic E-state index is 12.5. The molecule has 0 unspecified atom stereocenters. The SMILES string of the molecule is Cc1ccc(C)c(NS(=O)(=O)c2ccc(C)c(CN)c2)c1. The summed E-state index contributed by atoms with van der Waals surface area (Å²) in [5.74, 6) is 0. The van der Waals surface area contributed by atoms with Crippen molar-refractivity contribution in [1.82, 2.24) is 0 Å². The Balaban J connectivity index is 2.41. The van der Waals surface area contributed by atoms with Crippen LogP contribution in [0.25, 0.3) is 0 Å². The quantitative estimate of drug-likeness (QED) is 0.912. The van der Waals surface area contributed by atoms with Crippen LogP contribution in [0, 0.1) is 20.8 Å². The van der Waals surface area contributed by atoms with Crippen molar-refractivity contribution in [1.29, 1.82) is 0 Å². The molecule has 5 heteroatoms. The molecule has 4 nitrogen and oxygen atoms in total. The third-order valence-corrected chi connectivity index (χ3v) is 4.85. The molecule has 0 aromatic heterocycles. The Bertz CT molecular complexity index is 768. The Morgan fingerprint density at radius 2 is 1.67 bits per heavy atom. The summed E-state index contributed by atoms with van der Waals surface area (Å²) in [7, 11) is -3.61. The van der Waals surface area contributed by atoms with Gasteiger partial charge in [-0.25, -0.2) is 8.42 Å². The van der Waals surface area contributed by atoms with E-state index in [1.807, 2.05) is 39.0 Å². The lowest BCUT2D eigenvalue weighted by atomic mass is 10.1. The van der Waals surface area contributed by atoms with Gasteiger partial charge in [0.1, 0.15) is 0 Å². The monoisotopic (exact) mass is 304 g/mol. The molecule has 0 atom stereocenters. The summed E-state index contributed by atoms with van der Waals surface area (Å²) in [5.41, 5.74) is 9.96. The van der Waals surface area contributed by atoms with E-state index in [1.54, 1.807) is 18.2 Å². The molecule has 0 heterocycles. The Hall–Kier alpha value is -1.85. The fourth-order valence-electron chi connectivity index (χ4n) is 2.08.